The van der Waals surface area contributed by atoms with Gasteiger partial charge in [0.2, 0.25) is 0 Å². The van der Waals surface area contributed by atoms with Gasteiger partial charge in [0.05, 0.1) is 13.7 Å². The number of anilines is 1. The Bertz CT molecular complexity index is 610. The molecule has 4 N–H and O–H groups in total. The van der Waals surface area contributed by atoms with E-state index in [1.165, 1.54) is 0 Å². The summed E-state index contributed by atoms with van der Waals surface area (Å²) in [7, 11) is 1.59. The zero-order valence-electron chi connectivity index (χ0n) is 11.9. The Morgan fingerprint density at radius 3 is 2.81 bits per heavy atom. The number of hydrogen-bond donors (Lipinski definition) is 3. The smallest absolute Gasteiger partial charge is 0.270 e. The predicted molar refractivity (Wildman–Crippen MR) is 80.0 cm³/mol. The zero-order chi connectivity index (χ0) is 15.2. The number of carbonyl (C=O) groups is 1. The Kier molecular flexibility index (Phi) is 4.84. The van der Waals surface area contributed by atoms with Gasteiger partial charge < -0.3 is 25.5 Å². The highest BCUT2D eigenvalue weighted by atomic mass is 16.5. The van der Waals surface area contributed by atoms with Crippen molar-refractivity contribution in [3.8, 4) is 5.75 Å². The number of methoxy groups -OCH3 is 1. The van der Waals surface area contributed by atoms with Gasteiger partial charge in [-0.05, 0) is 12.1 Å². The molecule has 6 heteroatoms. The Labute approximate surface area is 123 Å². The maximum Gasteiger partial charge on any atom is 0.270 e. The molecule has 0 fully saturated rings. The molecule has 0 spiro atoms. The average Bonchev–Trinajstić information content (AvgIpc) is 2.93. The maximum absolute atomic E-state index is 12.4. The van der Waals surface area contributed by atoms with E-state index in [1.54, 1.807) is 24.3 Å². The van der Waals surface area contributed by atoms with Gasteiger partial charge in [0.15, 0.2) is 0 Å². The lowest BCUT2D eigenvalue weighted by atomic mass is 10.2. The number of aliphatic hydroxyl groups excluding tert-OH is 1. The number of hydrogen-bond acceptors (Lipinski definition) is 4. The van der Waals surface area contributed by atoms with E-state index in [-0.39, 0.29) is 19.1 Å². The largest absolute Gasteiger partial charge is 0.496 e. The van der Waals surface area contributed by atoms with Gasteiger partial charge in [0, 0.05) is 30.5 Å². The van der Waals surface area contributed by atoms with Crippen molar-refractivity contribution in [2.45, 2.75) is 6.54 Å². The summed E-state index contributed by atoms with van der Waals surface area (Å²) in [6.07, 6.45) is 1.56. The molecular weight excluding hydrogens is 270 g/mol. The molecule has 0 bridgehead atoms. The minimum absolute atomic E-state index is 0.114. The van der Waals surface area contributed by atoms with E-state index in [9.17, 15) is 9.90 Å². The Balaban J connectivity index is 2.21. The molecule has 6 nitrogen and oxygen atoms in total. The third-order valence-corrected chi connectivity index (χ3v) is 3.15. The molecule has 0 atom stereocenters. The monoisotopic (exact) mass is 289 g/mol. The predicted octanol–water partition coefficient (Wildman–Crippen LogP) is 1.24. The van der Waals surface area contributed by atoms with Crippen LogP contribution in [0.5, 0.6) is 5.75 Å². The molecule has 0 saturated heterocycles. The van der Waals surface area contributed by atoms with Crippen LogP contribution in [0.4, 0.5) is 5.69 Å². The summed E-state index contributed by atoms with van der Waals surface area (Å²) in [5.41, 5.74) is 7.39. The van der Waals surface area contributed by atoms with Crippen molar-refractivity contribution >= 4 is 11.6 Å². The van der Waals surface area contributed by atoms with Crippen molar-refractivity contribution in [1.29, 1.82) is 0 Å². The third-order valence-electron chi connectivity index (χ3n) is 3.15. The SMILES string of the molecule is COc1ccccc1CN(CCO)C(=O)c1cc(N)c[nH]1. The van der Waals surface area contributed by atoms with Gasteiger partial charge in [0.1, 0.15) is 11.4 Å². The second-order valence-corrected chi connectivity index (χ2v) is 4.61. The van der Waals surface area contributed by atoms with Crippen LogP contribution in [-0.2, 0) is 6.54 Å². The average molecular weight is 289 g/mol. The van der Waals surface area contributed by atoms with Crippen LogP contribution < -0.4 is 10.5 Å². The van der Waals surface area contributed by atoms with Gasteiger partial charge in [-0.1, -0.05) is 18.2 Å². The summed E-state index contributed by atoms with van der Waals surface area (Å²) >= 11 is 0. The number of nitrogen functional groups attached to an aromatic ring is 1. The fourth-order valence-corrected chi connectivity index (χ4v) is 2.12. The lowest BCUT2D eigenvalue weighted by Gasteiger charge is -2.22. The molecule has 1 aromatic heterocycles. The van der Waals surface area contributed by atoms with Crippen LogP contribution in [0, 0.1) is 0 Å². The van der Waals surface area contributed by atoms with E-state index in [0.717, 1.165) is 5.56 Å². The lowest BCUT2D eigenvalue weighted by molar-refractivity contribution is 0.0701. The number of nitrogens with two attached hydrogens (primary N) is 1. The highest BCUT2D eigenvalue weighted by molar-refractivity contribution is 5.93. The molecule has 2 rings (SSSR count). The Hall–Kier alpha value is -2.47. The van der Waals surface area contributed by atoms with Crippen LogP contribution in [0.1, 0.15) is 16.1 Å². The molecule has 21 heavy (non-hydrogen) atoms. The van der Waals surface area contributed by atoms with Crippen LogP contribution in [0.25, 0.3) is 0 Å². The van der Waals surface area contributed by atoms with Gasteiger partial charge in [-0.3, -0.25) is 4.79 Å². The molecule has 0 unspecified atom stereocenters. The van der Waals surface area contributed by atoms with Gasteiger partial charge in [-0.15, -0.1) is 0 Å². The number of amides is 1. The molecule has 0 aliphatic rings. The topological polar surface area (TPSA) is 91.6 Å². The van der Waals surface area contributed by atoms with Gasteiger partial charge in [-0.2, -0.15) is 0 Å². The first-order valence-electron chi connectivity index (χ1n) is 6.61. The molecule has 0 saturated carbocycles. The number of ether oxygens (including phenoxy) is 1. The van der Waals surface area contributed by atoms with E-state index in [0.29, 0.717) is 23.7 Å². The molecule has 1 amide bonds. The first-order chi connectivity index (χ1) is 10.2. The van der Waals surface area contributed by atoms with Crippen LogP contribution in [0.15, 0.2) is 36.5 Å². The number of carbonyl (C=O) groups excluding carboxylic acids is 1. The maximum atomic E-state index is 12.4. The normalized spacial score (nSPS) is 10.4. The second-order valence-electron chi connectivity index (χ2n) is 4.61. The summed E-state index contributed by atoms with van der Waals surface area (Å²) in [5, 5.41) is 9.18. The molecule has 2 aromatic rings. The first kappa shape index (κ1) is 14.9. The summed E-state index contributed by atoms with van der Waals surface area (Å²) in [5.74, 6) is 0.492. The number of H-pyrrole nitrogens is 1. The summed E-state index contributed by atoms with van der Waals surface area (Å²) < 4.78 is 5.29. The van der Waals surface area contributed by atoms with Gasteiger partial charge in [-0.25, -0.2) is 0 Å². The molecule has 0 radical (unpaired) electrons. The summed E-state index contributed by atoms with van der Waals surface area (Å²) in [6.45, 7) is 0.467. The zero-order valence-corrected chi connectivity index (χ0v) is 11.9. The van der Waals surface area contributed by atoms with E-state index in [2.05, 4.69) is 4.98 Å². The number of nitrogens with zero attached hydrogens (tertiary/aromatic N) is 1. The van der Waals surface area contributed by atoms with Crippen molar-refractivity contribution in [3.05, 3.63) is 47.8 Å². The minimum atomic E-state index is -0.216. The van der Waals surface area contributed by atoms with E-state index >= 15 is 0 Å². The fraction of sp³-hybridized carbons (Fsp3) is 0.267. The van der Waals surface area contributed by atoms with Gasteiger partial charge in [0.25, 0.3) is 5.91 Å². The number of nitrogens with one attached hydrogen (secondary N) is 1. The van der Waals surface area contributed by atoms with Crippen molar-refractivity contribution in [2.75, 3.05) is 26.0 Å². The highest BCUT2D eigenvalue weighted by Gasteiger charge is 2.18. The Morgan fingerprint density at radius 2 is 2.19 bits per heavy atom. The van der Waals surface area contributed by atoms with Crippen LogP contribution in [0.2, 0.25) is 0 Å². The summed E-state index contributed by atoms with van der Waals surface area (Å²) in [4.78, 5) is 16.8. The van der Waals surface area contributed by atoms with Gasteiger partial charge >= 0.3 is 0 Å². The van der Waals surface area contributed by atoms with Crippen molar-refractivity contribution in [2.24, 2.45) is 0 Å². The van der Waals surface area contributed by atoms with E-state index < -0.39 is 0 Å². The molecule has 1 aromatic carbocycles. The first-order valence-corrected chi connectivity index (χ1v) is 6.61. The van der Waals surface area contributed by atoms with E-state index in [4.69, 9.17) is 10.5 Å². The molecule has 112 valence electrons. The fourth-order valence-electron chi connectivity index (χ4n) is 2.12. The van der Waals surface area contributed by atoms with Crippen LogP contribution in [-0.4, -0.2) is 41.2 Å². The van der Waals surface area contributed by atoms with E-state index in [1.807, 2.05) is 24.3 Å². The third kappa shape index (κ3) is 3.55. The number of aromatic nitrogens is 1. The lowest BCUT2D eigenvalue weighted by Crippen LogP contribution is -2.33. The number of aliphatic hydroxyl groups is 1. The molecular formula is C15H19N3O3. The van der Waals surface area contributed by atoms with Crippen molar-refractivity contribution in [3.63, 3.8) is 0 Å². The molecule has 0 aliphatic heterocycles. The minimum Gasteiger partial charge on any atom is -0.496 e. The Morgan fingerprint density at radius 1 is 1.43 bits per heavy atom. The number of aromatic amines is 1. The quantitative estimate of drug-likeness (QED) is 0.746. The van der Waals surface area contributed by atoms with Crippen LogP contribution >= 0.6 is 0 Å². The van der Waals surface area contributed by atoms with Crippen LogP contribution in [0.3, 0.4) is 0 Å². The standard InChI is InChI=1S/C15H19N3O3/c1-21-14-5-3-2-4-11(14)10-18(6-7-19)15(20)13-8-12(16)9-17-13/h2-5,8-9,17,19H,6-7,10,16H2,1H3. The summed E-state index contributed by atoms with van der Waals surface area (Å²) in [6, 6.07) is 9.05. The number of benzene rings is 1. The molecule has 1 heterocycles. The van der Waals surface area contributed by atoms with Crippen molar-refractivity contribution in [1.82, 2.24) is 9.88 Å². The van der Waals surface area contributed by atoms with Crippen molar-refractivity contribution < 1.29 is 14.6 Å². The number of rotatable bonds is 6. The molecule has 0 aliphatic carbocycles. The number of para-hydroxylation sites is 1. The highest BCUT2D eigenvalue weighted by Crippen LogP contribution is 2.20. The second kappa shape index (κ2) is 6.81.